The van der Waals surface area contributed by atoms with Crippen molar-refractivity contribution in [3.05, 3.63) is 34.4 Å². The summed E-state index contributed by atoms with van der Waals surface area (Å²) in [6.45, 7) is 0. The van der Waals surface area contributed by atoms with Crippen LogP contribution in [0.15, 0.2) is 12.1 Å². The van der Waals surface area contributed by atoms with Crippen LogP contribution < -0.4 is 0 Å². The Kier molecular flexibility index (Phi) is 3.25. The van der Waals surface area contributed by atoms with Crippen LogP contribution in [0.3, 0.4) is 0 Å². The van der Waals surface area contributed by atoms with Gasteiger partial charge in [-0.05, 0) is 23.7 Å². The highest BCUT2D eigenvalue weighted by Gasteiger charge is 2.40. The van der Waals surface area contributed by atoms with Crippen LogP contribution >= 0.6 is 23.2 Å². The van der Waals surface area contributed by atoms with Gasteiger partial charge >= 0.3 is 5.38 Å². The molecule has 0 unspecified atom stereocenters. The van der Waals surface area contributed by atoms with E-state index in [0.29, 0.717) is 6.07 Å². The number of rotatable bonds is 2. The van der Waals surface area contributed by atoms with Gasteiger partial charge in [-0.2, -0.15) is 8.78 Å². The minimum atomic E-state index is -4.37. The number of halogens is 6. The lowest BCUT2D eigenvalue weighted by molar-refractivity contribution is 0.0526. The lowest BCUT2D eigenvalue weighted by Gasteiger charge is -2.08. The Hall–Kier alpha value is -0.810. The fourth-order valence-electron chi connectivity index (χ4n) is 0.877. The highest BCUT2D eigenvalue weighted by atomic mass is 35.5. The molecular weight excluding hydrogens is 259 g/mol. The van der Waals surface area contributed by atoms with Crippen molar-refractivity contribution >= 4 is 29.0 Å². The molecule has 0 atom stereocenters. The first-order valence-corrected chi connectivity index (χ1v) is 4.25. The van der Waals surface area contributed by atoms with E-state index in [-0.39, 0.29) is 0 Å². The van der Waals surface area contributed by atoms with E-state index in [1.807, 2.05) is 0 Å². The first kappa shape index (κ1) is 12.3. The zero-order chi connectivity index (χ0) is 11.8. The van der Waals surface area contributed by atoms with E-state index in [1.54, 1.807) is 0 Å². The quantitative estimate of drug-likeness (QED) is 0.344. The number of alkyl halides is 3. The highest BCUT2D eigenvalue weighted by molar-refractivity contribution is 6.36. The maximum absolute atomic E-state index is 13.1. The van der Waals surface area contributed by atoms with E-state index in [9.17, 15) is 22.4 Å². The molecule has 82 valence electrons. The van der Waals surface area contributed by atoms with Gasteiger partial charge in [-0.1, -0.05) is 11.6 Å². The molecule has 0 aromatic heterocycles. The lowest BCUT2D eigenvalue weighted by atomic mass is 10.1. The topological polar surface area (TPSA) is 17.1 Å². The summed E-state index contributed by atoms with van der Waals surface area (Å²) < 4.78 is 50.6. The Labute approximate surface area is 91.6 Å². The molecule has 0 heterocycles. The molecular formula is C8H2Cl2F4O. The van der Waals surface area contributed by atoms with Crippen LogP contribution in [0.4, 0.5) is 17.6 Å². The van der Waals surface area contributed by atoms with Crippen molar-refractivity contribution < 1.29 is 22.4 Å². The highest BCUT2D eigenvalue weighted by Crippen LogP contribution is 2.29. The molecule has 0 saturated carbocycles. The molecule has 15 heavy (non-hydrogen) atoms. The van der Waals surface area contributed by atoms with Crippen molar-refractivity contribution in [1.82, 2.24) is 0 Å². The molecule has 0 amide bonds. The third kappa shape index (κ3) is 2.41. The summed E-state index contributed by atoms with van der Waals surface area (Å²) in [7, 11) is 0. The predicted octanol–water partition coefficient (Wildman–Crippen LogP) is 3.63. The van der Waals surface area contributed by atoms with Crippen molar-refractivity contribution in [1.29, 1.82) is 0 Å². The number of benzene rings is 1. The van der Waals surface area contributed by atoms with E-state index < -0.39 is 33.4 Å². The Morgan fingerprint density at radius 2 is 1.80 bits per heavy atom. The third-order valence-electron chi connectivity index (χ3n) is 1.53. The molecule has 0 spiro atoms. The van der Waals surface area contributed by atoms with Crippen LogP contribution in [0.25, 0.3) is 0 Å². The van der Waals surface area contributed by atoms with Crippen molar-refractivity contribution in [2.75, 3.05) is 0 Å². The maximum atomic E-state index is 13.1. The number of hydrogen-bond acceptors (Lipinski definition) is 1. The Balaban J connectivity index is 3.38. The summed E-state index contributed by atoms with van der Waals surface area (Å²) in [5, 5.41) is -5.01. The molecule has 7 heteroatoms. The maximum Gasteiger partial charge on any atom is 0.385 e. The third-order valence-corrected chi connectivity index (χ3v) is 1.99. The smallest absolute Gasteiger partial charge is 0.286 e. The number of hydrogen-bond donors (Lipinski definition) is 0. The van der Waals surface area contributed by atoms with E-state index in [4.69, 9.17) is 11.6 Å². The fraction of sp³-hybridized carbons (Fsp3) is 0.125. The van der Waals surface area contributed by atoms with Gasteiger partial charge in [0.25, 0.3) is 5.78 Å². The second-order valence-corrected chi connectivity index (χ2v) is 3.43. The molecule has 0 radical (unpaired) electrons. The van der Waals surface area contributed by atoms with Gasteiger partial charge in [0.1, 0.15) is 5.82 Å². The Morgan fingerprint density at radius 1 is 1.27 bits per heavy atom. The molecule has 0 aliphatic rings. The van der Waals surface area contributed by atoms with E-state index in [0.717, 1.165) is 6.07 Å². The number of Topliss-reactive ketones (excluding diaryl/α,β-unsaturated/α-hetero) is 1. The summed E-state index contributed by atoms with van der Waals surface area (Å²) >= 11 is 9.55. The van der Waals surface area contributed by atoms with Crippen molar-refractivity contribution in [3.8, 4) is 0 Å². The molecule has 0 saturated heterocycles. The second-order valence-electron chi connectivity index (χ2n) is 2.55. The predicted molar refractivity (Wildman–Crippen MR) is 46.5 cm³/mol. The standard InChI is InChI=1S/C8H2Cl2F4O/c9-3-1-2-4(11)5(6(3)12)7(15)8(10,13)14/h1-2H. The van der Waals surface area contributed by atoms with Crippen LogP contribution in [0.1, 0.15) is 10.4 Å². The van der Waals surface area contributed by atoms with Gasteiger partial charge in [0.15, 0.2) is 5.82 Å². The molecule has 0 aliphatic carbocycles. The molecule has 1 nitrogen and oxygen atoms in total. The molecule has 0 aliphatic heterocycles. The summed E-state index contributed by atoms with van der Waals surface area (Å²) in [5.74, 6) is -5.16. The largest absolute Gasteiger partial charge is 0.385 e. The zero-order valence-electron chi connectivity index (χ0n) is 6.83. The van der Waals surface area contributed by atoms with Gasteiger partial charge < -0.3 is 0 Å². The number of carbonyl (C=O) groups is 1. The minimum Gasteiger partial charge on any atom is -0.286 e. The van der Waals surface area contributed by atoms with Crippen molar-refractivity contribution in [2.45, 2.75) is 5.38 Å². The molecule has 0 N–H and O–H groups in total. The molecule has 1 rings (SSSR count). The van der Waals surface area contributed by atoms with Gasteiger partial charge in [0.05, 0.1) is 10.6 Å². The minimum absolute atomic E-state index is 0.598. The second kappa shape index (κ2) is 3.98. The normalized spacial score (nSPS) is 11.6. The molecule has 1 aromatic carbocycles. The first-order chi connectivity index (χ1) is 6.75. The molecule has 1 aromatic rings. The van der Waals surface area contributed by atoms with Gasteiger partial charge in [-0.15, -0.1) is 0 Å². The van der Waals surface area contributed by atoms with Crippen LogP contribution in [-0.4, -0.2) is 11.2 Å². The van der Waals surface area contributed by atoms with Crippen molar-refractivity contribution in [3.63, 3.8) is 0 Å². The Morgan fingerprint density at radius 3 is 2.27 bits per heavy atom. The van der Waals surface area contributed by atoms with Crippen molar-refractivity contribution in [2.24, 2.45) is 0 Å². The van der Waals surface area contributed by atoms with Gasteiger partial charge in [-0.25, -0.2) is 8.78 Å². The first-order valence-electron chi connectivity index (χ1n) is 3.50. The molecule has 0 fully saturated rings. The van der Waals surface area contributed by atoms with E-state index >= 15 is 0 Å². The molecule has 0 bridgehead atoms. The average molecular weight is 261 g/mol. The van der Waals surface area contributed by atoms with E-state index in [1.165, 1.54) is 0 Å². The summed E-state index contributed by atoms with van der Waals surface area (Å²) in [6, 6.07) is 1.40. The summed E-state index contributed by atoms with van der Waals surface area (Å²) in [6.07, 6.45) is 0. The van der Waals surface area contributed by atoms with Crippen LogP contribution in [0.2, 0.25) is 5.02 Å². The SMILES string of the molecule is O=C(c1c(F)ccc(Cl)c1F)C(F)(F)Cl. The Bertz CT molecular complexity index is 414. The van der Waals surface area contributed by atoms with E-state index in [2.05, 4.69) is 11.6 Å². The van der Waals surface area contributed by atoms with Crippen LogP contribution in [-0.2, 0) is 0 Å². The summed E-state index contributed by atoms with van der Waals surface area (Å²) in [4.78, 5) is 10.8. The zero-order valence-corrected chi connectivity index (χ0v) is 8.34. The summed E-state index contributed by atoms with van der Waals surface area (Å²) in [5.41, 5.74) is -1.44. The van der Waals surface area contributed by atoms with Gasteiger partial charge in [0, 0.05) is 0 Å². The van der Waals surface area contributed by atoms with Crippen LogP contribution in [0.5, 0.6) is 0 Å². The van der Waals surface area contributed by atoms with Crippen LogP contribution in [0, 0.1) is 11.6 Å². The number of ketones is 1. The fourth-order valence-corrected chi connectivity index (χ4v) is 1.13. The number of carbonyl (C=O) groups excluding carboxylic acids is 1. The van der Waals surface area contributed by atoms with Gasteiger partial charge in [0.2, 0.25) is 0 Å². The monoisotopic (exact) mass is 260 g/mol. The lowest BCUT2D eigenvalue weighted by Crippen LogP contribution is -2.24. The average Bonchev–Trinajstić information content (AvgIpc) is 2.10. The van der Waals surface area contributed by atoms with Gasteiger partial charge in [-0.3, -0.25) is 4.79 Å².